The van der Waals surface area contributed by atoms with Crippen molar-refractivity contribution < 1.29 is 0 Å². The molecule has 0 spiro atoms. The highest BCUT2D eigenvalue weighted by Crippen LogP contribution is 1.37. The van der Waals surface area contributed by atoms with Crippen LogP contribution in [0.15, 0.2) is 12.7 Å². The molecule has 21 valence electrons. The quantitative estimate of drug-likeness (QED) is 0.426. The summed E-state index contributed by atoms with van der Waals surface area (Å²) < 4.78 is 0. The molecule has 0 bridgehead atoms. The maximum Gasteiger partial charge on any atom is 0.0783 e. The predicted molar refractivity (Wildman–Crippen MR) is 17.9 cm³/mol. The molecule has 0 atom stereocenters. The summed E-state index contributed by atoms with van der Waals surface area (Å²) in [4.78, 5) is 0. The van der Waals surface area contributed by atoms with E-state index in [-0.39, 0.29) is 0 Å². The molecule has 0 unspecified atom stereocenters. The Kier molecular flexibility index (Phi) is 2.05. The Hall–Kier alpha value is -0.590. The van der Waals surface area contributed by atoms with Gasteiger partial charge in [-0.05, 0) is 6.08 Å². The zero-order chi connectivity index (χ0) is 3.41. The van der Waals surface area contributed by atoms with Crippen molar-refractivity contribution in [2.45, 2.75) is 0 Å². The van der Waals surface area contributed by atoms with Gasteiger partial charge in [0.25, 0.3) is 0 Å². The van der Waals surface area contributed by atoms with Gasteiger partial charge in [0.2, 0.25) is 0 Å². The molecule has 1 nitrogen and oxygen atoms in total. The van der Waals surface area contributed by atoms with Crippen molar-refractivity contribution in [3.05, 3.63) is 12.7 Å². The van der Waals surface area contributed by atoms with E-state index in [1.807, 2.05) is 6.21 Å². The number of hydrogen-bond acceptors (Lipinski definition) is 1. The second kappa shape index (κ2) is 2.41. The summed E-state index contributed by atoms with van der Waals surface area (Å²) in [6, 6.07) is 0. The predicted octanol–water partition coefficient (Wildman–Crippen LogP) is 0.699. The smallest absolute Gasteiger partial charge is 0.0783 e. The molecular formula is C3H4N. The Morgan fingerprint density at radius 2 is 2.25 bits per heavy atom. The lowest BCUT2D eigenvalue weighted by Gasteiger charge is -1.40. The van der Waals surface area contributed by atoms with Crippen LogP contribution in [0.5, 0.6) is 0 Å². The topological polar surface area (TPSA) is 23.9 Å². The first kappa shape index (κ1) is 3.41. The molecule has 0 aliphatic rings. The van der Waals surface area contributed by atoms with E-state index in [1.165, 1.54) is 6.08 Å². The minimum Gasteiger partial charge on any atom is -0.299 e. The maximum atomic E-state index is 6.08. The van der Waals surface area contributed by atoms with Gasteiger partial charge in [-0.1, -0.05) is 6.58 Å². The summed E-state index contributed by atoms with van der Waals surface area (Å²) in [5, 5.41) is 6.08. The maximum absolute atomic E-state index is 6.08. The van der Waals surface area contributed by atoms with Crippen LogP contribution in [0.25, 0.3) is 0 Å². The lowest BCUT2D eigenvalue weighted by molar-refractivity contribution is 1.58. The molecule has 0 amide bonds. The standard InChI is InChI=1S/C3H4N/c1-2-3-4/h2,4H,1H2. The number of rotatable bonds is 1. The molecule has 4 heavy (non-hydrogen) atoms. The molecule has 0 aliphatic heterocycles. The number of hydrogen-bond donors (Lipinski definition) is 1. The number of allylic oxidation sites excluding steroid dienone is 1. The van der Waals surface area contributed by atoms with Gasteiger partial charge in [0.1, 0.15) is 0 Å². The van der Waals surface area contributed by atoms with Crippen LogP contribution < -0.4 is 0 Å². The van der Waals surface area contributed by atoms with Crippen LogP contribution in [0.1, 0.15) is 0 Å². The third-order valence-corrected chi connectivity index (χ3v) is 0.102. The Labute approximate surface area is 25.5 Å². The first-order chi connectivity index (χ1) is 1.91. The van der Waals surface area contributed by atoms with Crippen LogP contribution in [-0.2, 0) is 0 Å². The molecule has 0 heterocycles. The Morgan fingerprint density at radius 3 is 2.25 bits per heavy atom. The zero-order valence-electron chi connectivity index (χ0n) is 2.28. The fourth-order valence-corrected chi connectivity index (χ4v) is 0. The van der Waals surface area contributed by atoms with Crippen molar-refractivity contribution >= 4 is 6.21 Å². The van der Waals surface area contributed by atoms with Gasteiger partial charge in [0, 0.05) is 0 Å². The van der Waals surface area contributed by atoms with E-state index in [0.717, 1.165) is 0 Å². The minimum absolute atomic E-state index is 1.29. The van der Waals surface area contributed by atoms with Crippen LogP contribution in [-0.4, -0.2) is 6.21 Å². The van der Waals surface area contributed by atoms with E-state index in [0.29, 0.717) is 0 Å². The largest absolute Gasteiger partial charge is 0.299 e. The molecule has 0 rings (SSSR count). The van der Waals surface area contributed by atoms with Crippen molar-refractivity contribution in [3.63, 3.8) is 0 Å². The molecule has 1 heteroatoms. The van der Waals surface area contributed by atoms with E-state index in [2.05, 4.69) is 6.58 Å². The van der Waals surface area contributed by atoms with Crippen LogP contribution in [0.4, 0.5) is 0 Å². The second-order valence-corrected chi connectivity index (χ2v) is 0.348. The summed E-state index contributed by atoms with van der Waals surface area (Å²) in [7, 11) is 0. The SMILES string of the molecule is C=C[C]=N. The Morgan fingerprint density at radius 1 is 2.00 bits per heavy atom. The van der Waals surface area contributed by atoms with Crippen molar-refractivity contribution in [2.75, 3.05) is 0 Å². The lowest BCUT2D eigenvalue weighted by atomic mass is 10.7. The summed E-state index contributed by atoms with van der Waals surface area (Å²) in [5.41, 5.74) is 0. The van der Waals surface area contributed by atoms with E-state index < -0.39 is 0 Å². The fourth-order valence-electron chi connectivity index (χ4n) is 0. The first-order valence-corrected chi connectivity index (χ1v) is 0.947. The third-order valence-electron chi connectivity index (χ3n) is 0.102. The Balaban J connectivity index is 2.73. The van der Waals surface area contributed by atoms with Gasteiger partial charge in [-0.25, -0.2) is 0 Å². The van der Waals surface area contributed by atoms with Gasteiger partial charge in [-0.15, -0.1) is 0 Å². The van der Waals surface area contributed by atoms with Crippen molar-refractivity contribution in [2.24, 2.45) is 0 Å². The molecule has 0 fully saturated rings. The molecular weight excluding hydrogens is 50.0 g/mol. The van der Waals surface area contributed by atoms with Crippen molar-refractivity contribution in [1.29, 1.82) is 5.41 Å². The van der Waals surface area contributed by atoms with E-state index in [4.69, 9.17) is 5.41 Å². The fraction of sp³-hybridized carbons (Fsp3) is 0. The van der Waals surface area contributed by atoms with Gasteiger partial charge in [-0.2, -0.15) is 0 Å². The van der Waals surface area contributed by atoms with E-state index in [1.54, 1.807) is 0 Å². The normalized spacial score (nSPS) is 5.00. The summed E-state index contributed by atoms with van der Waals surface area (Å²) in [6.07, 6.45) is 3.24. The van der Waals surface area contributed by atoms with Crippen LogP contribution in [0, 0.1) is 5.41 Å². The van der Waals surface area contributed by atoms with E-state index >= 15 is 0 Å². The van der Waals surface area contributed by atoms with Gasteiger partial charge < -0.3 is 0 Å². The van der Waals surface area contributed by atoms with Gasteiger partial charge >= 0.3 is 0 Å². The minimum atomic E-state index is 1.29. The number of nitrogens with one attached hydrogen (secondary N) is 1. The van der Waals surface area contributed by atoms with Crippen molar-refractivity contribution in [1.82, 2.24) is 0 Å². The average Bonchev–Trinajstić information content (AvgIpc) is 1.37. The second-order valence-electron chi connectivity index (χ2n) is 0.348. The molecule has 1 N–H and O–H groups in total. The summed E-state index contributed by atoms with van der Waals surface area (Å²) in [6.45, 7) is 3.18. The summed E-state index contributed by atoms with van der Waals surface area (Å²) in [5.74, 6) is 0. The molecule has 0 aromatic rings. The zero-order valence-corrected chi connectivity index (χ0v) is 2.28. The van der Waals surface area contributed by atoms with Crippen molar-refractivity contribution in [3.8, 4) is 0 Å². The highest BCUT2D eigenvalue weighted by molar-refractivity contribution is 5.66. The van der Waals surface area contributed by atoms with Gasteiger partial charge in [-0.3, -0.25) is 5.41 Å². The average molecular weight is 54.1 g/mol. The molecule has 0 aliphatic carbocycles. The van der Waals surface area contributed by atoms with Gasteiger partial charge in [0.05, 0.1) is 6.21 Å². The third kappa shape index (κ3) is 1.41. The molecule has 0 aromatic heterocycles. The molecule has 0 saturated heterocycles. The first-order valence-electron chi connectivity index (χ1n) is 0.947. The summed E-state index contributed by atoms with van der Waals surface area (Å²) >= 11 is 0. The Bertz CT molecular complexity index is 24.3. The molecule has 1 radical (unpaired) electrons. The van der Waals surface area contributed by atoms with E-state index in [9.17, 15) is 0 Å². The highest BCUT2D eigenvalue weighted by Gasteiger charge is 1.35. The highest BCUT2D eigenvalue weighted by atomic mass is 14.3. The van der Waals surface area contributed by atoms with Crippen LogP contribution >= 0.6 is 0 Å². The lowest BCUT2D eigenvalue weighted by Crippen LogP contribution is -1.41. The van der Waals surface area contributed by atoms with Crippen LogP contribution in [0.3, 0.4) is 0 Å². The van der Waals surface area contributed by atoms with Crippen LogP contribution in [0.2, 0.25) is 0 Å². The molecule has 0 aromatic carbocycles. The monoisotopic (exact) mass is 54.0 g/mol. The molecule has 0 saturated carbocycles. The van der Waals surface area contributed by atoms with Gasteiger partial charge in [0.15, 0.2) is 0 Å².